The topological polar surface area (TPSA) is 64.9 Å². The van der Waals surface area contributed by atoms with Crippen LogP contribution in [0.3, 0.4) is 0 Å². The lowest BCUT2D eigenvalue weighted by Crippen LogP contribution is -2.21. The van der Waals surface area contributed by atoms with E-state index in [0.29, 0.717) is 5.56 Å². The van der Waals surface area contributed by atoms with E-state index in [1.807, 2.05) is 36.4 Å². The summed E-state index contributed by atoms with van der Waals surface area (Å²) in [6.07, 6.45) is 5.68. The molecule has 5 nitrogen and oxygen atoms in total. The van der Waals surface area contributed by atoms with Crippen molar-refractivity contribution in [3.63, 3.8) is 0 Å². The van der Waals surface area contributed by atoms with Gasteiger partial charge in [0.2, 0.25) is 0 Å². The van der Waals surface area contributed by atoms with Crippen LogP contribution in [0.5, 0.6) is 0 Å². The summed E-state index contributed by atoms with van der Waals surface area (Å²) in [4.78, 5) is 12.6. The van der Waals surface area contributed by atoms with Gasteiger partial charge in [-0.1, -0.05) is 63.2 Å². The maximum atomic E-state index is 10.2. The average Bonchev–Trinajstić information content (AvgIpc) is 2.96. The number of nitrogens with zero attached hydrogens (tertiary/aromatic N) is 2. The predicted molar refractivity (Wildman–Crippen MR) is 114 cm³/mol. The largest absolute Gasteiger partial charge is 0.478 e. The molecule has 0 amide bonds. The van der Waals surface area contributed by atoms with Gasteiger partial charge >= 0.3 is 5.97 Å². The molecule has 5 heteroatoms. The van der Waals surface area contributed by atoms with Crippen LogP contribution in [-0.4, -0.2) is 41.8 Å². The number of fused-ring (bicyclic) bond motifs is 1. The summed E-state index contributed by atoms with van der Waals surface area (Å²) >= 11 is 0. The summed E-state index contributed by atoms with van der Waals surface area (Å²) in [5, 5.41) is 12.3. The Kier molecular flexibility index (Phi) is 10.9. The number of nitrogens with one attached hydrogen (secondary N) is 1. The van der Waals surface area contributed by atoms with Gasteiger partial charge < -0.3 is 10.0 Å². The Morgan fingerprint density at radius 1 is 0.963 bits per heavy atom. The van der Waals surface area contributed by atoms with Crippen LogP contribution in [-0.2, 0) is 0 Å². The number of hydrogen-bond donors (Lipinski definition) is 2. The van der Waals surface area contributed by atoms with Crippen molar-refractivity contribution in [2.75, 3.05) is 25.1 Å². The number of hydrazone groups is 1. The van der Waals surface area contributed by atoms with E-state index >= 15 is 0 Å². The second-order valence-corrected chi connectivity index (χ2v) is 5.63. The van der Waals surface area contributed by atoms with Crippen molar-refractivity contribution in [1.29, 1.82) is 0 Å². The van der Waals surface area contributed by atoms with Crippen LogP contribution < -0.4 is 5.43 Å². The number of carboxylic acids is 1. The summed E-state index contributed by atoms with van der Waals surface area (Å²) in [6.45, 7) is 10.1. The quantitative estimate of drug-likeness (QED) is 0.811. The van der Waals surface area contributed by atoms with Crippen molar-refractivity contribution in [3.8, 4) is 0 Å². The van der Waals surface area contributed by atoms with Gasteiger partial charge in [0.15, 0.2) is 0 Å². The first kappa shape index (κ1) is 22.1. The number of benzene rings is 2. The van der Waals surface area contributed by atoms with Gasteiger partial charge in [0.1, 0.15) is 0 Å². The number of hydrogen-bond acceptors (Lipinski definition) is 4. The zero-order valence-electron chi connectivity index (χ0n) is 16.3. The zero-order valence-corrected chi connectivity index (χ0v) is 16.3. The third-order valence-electron chi connectivity index (χ3n) is 3.94. The predicted octanol–water partition coefficient (Wildman–Crippen LogP) is 4.84. The Morgan fingerprint density at radius 3 is 2.07 bits per heavy atom. The van der Waals surface area contributed by atoms with Crippen LogP contribution in [0.1, 0.15) is 36.7 Å². The van der Waals surface area contributed by atoms with E-state index in [1.54, 1.807) is 36.5 Å². The SMILES string of the molecule is C1=Cc2ccccc2NN=C1.CCN(CC)CC.O=C(O)c1ccccc1. The summed E-state index contributed by atoms with van der Waals surface area (Å²) in [5.41, 5.74) is 5.49. The fourth-order valence-electron chi connectivity index (χ4n) is 2.29. The molecular weight excluding hydrogens is 338 g/mol. The molecule has 2 N–H and O–H groups in total. The number of aromatic carboxylic acids is 1. The van der Waals surface area contributed by atoms with Crippen LogP contribution in [0.4, 0.5) is 5.69 Å². The van der Waals surface area contributed by atoms with Crippen LogP contribution >= 0.6 is 0 Å². The molecule has 2 aromatic rings. The van der Waals surface area contributed by atoms with Crippen LogP contribution in [0.2, 0.25) is 0 Å². The second kappa shape index (κ2) is 13.3. The number of anilines is 1. The smallest absolute Gasteiger partial charge is 0.335 e. The van der Waals surface area contributed by atoms with Crippen molar-refractivity contribution >= 4 is 23.9 Å². The minimum absolute atomic E-state index is 0.331. The zero-order chi connectivity index (χ0) is 19.9. The molecule has 0 fully saturated rings. The number of allylic oxidation sites excluding steroid dienone is 1. The number of carbonyl (C=O) groups is 1. The van der Waals surface area contributed by atoms with E-state index in [-0.39, 0.29) is 0 Å². The van der Waals surface area contributed by atoms with Gasteiger partial charge in [-0.2, -0.15) is 5.10 Å². The highest BCUT2D eigenvalue weighted by atomic mass is 16.4. The van der Waals surface area contributed by atoms with Crippen LogP contribution in [0, 0.1) is 0 Å². The standard InChI is InChI=1S/C9H8N2.C7H6O2.C6H15N/c1-2-6-9-8(4-1)5-3-7-10-11-9;8-7(9)6-4-2-1-3-5-6;1-4-7(5-2)6-3/h1-7,11H;1-5H,(H,8,9);4-6H2,1-3H3. The molecule has 0 bridgehead atoms. The third-order valence-corrected chi connectivity index (χ3v) is 3.94. The first-order valence-electron chi connectivity index (χ1n) is 9.17. The van der Waals surface area contributed by atoms with E-state index in [1.165, 1.54) is 25.2 Å². The van der Waals surface area contributed by atoms with Gasteiger partial charge in [-0.15, -0.1) is 0 Å². The molecule has 144 valence electrons. The van der Waals surface area contributed by atoms with E-state index in [9.17, 15) is 4.79 Å². The highest BCUT2D eigenvalue weighted by Crippen LogP contribution is 2.17. The fourth-order valence-corrected chi connectivity index (χ4v) is 2.29. The minimum atomic E-state index is -0.879. The number of carboxylic acid groups (broad SMARTS) is 1. The molecule has 0 unspecified atom stereocenters. The van der Waals surface area contributed by atoms with Crippen molar-refractivity contribution in [2.45, 2.75) is 20.8 Å². The van der Waals surface area contributed by atoms with E-state index < -0.39 is 5.97 Å². The number of para-hydroxylation sites is 1. The molecule has 0 saturated heterocycles. The molecule has 0 spiro atoms. The summed E-state index contributed by atoms with van der Waals surface area (Å²) in [6, 6.07) is 16.3. The summed E-state index contributed by atoms with van der Waals surface area (Å²) in [5.74, 6) is -0.879. The van der Waals surface area contributed by atoms with Gasteiger partial charge in [0.05, 0.1) is 11.3 Å². The number of rotatable bonds is 4. The Labute approximate surface area is 162 Å². The first-order valence-corrected chi connectivity index (χ1v) is 9.17. The summed E-state index contributed by atoms with van der Waals surface area (Å²) < 4.78 is 0. The van der Waals surface area contributed by atoms with Gasteiger partial charge in [-0.25, -0.2) is 4.79 Å². The highest BCUT2D eigenvalue weighted by molar-refractivity contribution is 5.87. The molecule has 0 atom stereocenters. The molecule has 27 heavy (non-hydrogen) atoms. The molecule has 0 saturated carbocycles. The Balaban J connectivity index is 0.000000209. The van der Waals surface area contributed by atoms with Crippen molar-refractivity contribution in [3.05, 3.63) is 71.8 Å². The maximum absolute atomic E-state index is 10.2. The summed E-state index contributed by atoms with van der Waals surface area (Å²) in [7, 11) is 0. The normalized spacial score (nSPS) is 11.1. The van der Waals surface area contributed by atoms with Gasteiger partial charge in [-0.05, 0) is 49.5 Å². The molecule has 1 heterocycles. The molecule has 1 aliphatic rings. The molecule has 0 aliphatic carbocycles. The fraction of sp³-hybridized carbons (Fsp3) is 0.273. The van der Waals surface area contributed by atoms with Crippen LogP contribution in [0.15, 0.2) is 65.8 Å². The van der Waals surface area contributed by atoms with Crippen molar-refractivity contribution in [1.82, 2.24) is 4.90 Å². The Morgan fingerprint density at radius 2 is 1.56 bits per heavy atom. The lowest BCUT2D eigenvalue weighted by atomic mass is 10.2. The van der Waals surface area contributed by atoms with Gasteiger partial charge in [0.25, 0.3) is 0 Å². The van der Waals surface area contributed by atoms with E-state index in [0.717, 1.165) is 5.69 Å². The van der Waals surface area contributed by atoms with Gasteiger partial charge in [0, 0.05) is 6.21 Å². The molecule has 1 aliphatic heterocycles. The highest BCUT2D eigenvalue weighted by Gasteiger charge is 1.97. The lowest BCUT2D eigenvalue weighted by Gasteiger charge is -2.13. The van der Waals surface area contributed by atoms with Gasteiger partial charge in [-0.3, -0.25) is 5.43 Å². The molecule has 0 radical (unpaired) electrons. The van der Waals surface area contributed by atoms with E-state index in [4.69, 9.17) is 5.11 Å². The third kappa shape index (κ3) is 8.83. The monoisotopic (exact) mass is 367 g/mol. The molecule has 2 aromatic carbocycles. The Hall–Kier alpha value is -2.92. The molecule has 3 rings (SSSR count). The average molecular weight is 367 g/mol. The Bertz CT molecular complexity index is 718. The minimum Gasteiger partial charge on any atom is -0.478 e. The first-order chi connectivity index (χ1) is 13.1. The van der Waals surface area contributed by atoms with E-state index in [2.05, 4.69) is 36.2 Å². The molecule has 0 aromatic heterocycles. The maximum Gasteiger partial charge on any atom is 0.335 e. The van der Waals surface area contributed by atoms with Crippen molar-refractivity contribution < 1.29 is 9.90 Å². The lowest BCUT2D eigenvalue weighted by molar-refractivity contribution is 0.0697. The van der Waals surface area contributed by atoms with Crippen LogP contribution in [0.25, 0.3) is 6.08 Å². The van der Waals surface area contributed by atoms with Crippen molar-refractivity contribution in [2.24, 2.45) is 5.10 Å². The second-order valence-electron chi connectivity index (χ2n) is 5.63. The molecular formula is C22H29N3O2.